The molecule has 120 valence electrons. The molecule has 1 amide bonds. The number of aryl methyl sites for hydroxylation is 2. The van der Waals surface area contributed by atoms with Gasteiger partial charge in [0.1, 0.15) is 0 Å². The molecule has 0 aliphatic carbocycles. The van der Waals surface area contributed by atoms with E-state index in [4.69, 9.17) is 10.5 Å². The number of benzene rings is 2. The lowest BCUT2D eigenvalue weighted by Gasteiger charge is -2.10. The Morgan fingerprint density at radius 2 is 1.91 bits per heavy atom. The van der Waals surface area contributed by atoms with Crippen LogP contribution in [0.25, 0.3) is 0 Å². The van der Waals surface area contributed by atoms with Gasteiger partial charge in [0, 0.05) is 15.8 Å². The third-order valence-electron chi connectivity index (χ3n) is 3.33. The molecular formula is C17H17BrN2O3. The van der Waals surface area contributed by atoms with Gasteiger partial charge in [-0.3, -0.25) is 4.79 Å². The minimum absolute atomic E-state index is 0.260. The number of hydrogen-bond acceptors (Lipinski definition) is 4. The summed E-state index contributed by atoms with van der Waals surface area (Å²) in [6.45, 7) is 3.37. The quantitative estimate of drug-likeness (QED) is 0.632. The summed E-state index contributed by atoms with van der Waals surface area (Å²) in [4.78, 5) is 23.8. The molecule has 0 saturated heterocycles. The van der Waals surface area contributed by atoms with Crippen molar-refractivity contribution in [3.63, 3.8) is 0 Å². The van der Waals surface area contributed by atoms with Crippen molar-refractivity contribution in [3.05, 3.63) is 57.6 Å². The molecular weight excluding hydrogens is 360 g/mol. The first-order valence-corrected chi connectivity index (χ1v) is 7.76. The van der Waals surface area contributed by atoms with Gasteiger partial charge in [-0.15, -0.1) is 0 Å². The molecule has 0 atom stereocenters. The number of amides is 1. The number of carbonyl (C=O) groups is 2. The topological polar surface area (TPSA) is 81.4 Å². The number of rotatable bonds is 4. The van der Waals surface area contributed by atoms with E-state index in [9.17, 15) is 9.59 Å². The second-order valence-electron chi connectivity index (χ2n) is 5.12. The maximum absolute atomic E-state index is 12.0. The van der Waals surface area contributed by atoms with Crippen molar-refractivity contribution in [3.8, 4) is 0 Å². The number of ether oxygens (including phenoxy) is 1. The van der Waals surface area contributed by atoms with Gasteiger partial charge in [0.05, 0.1) is 5.56 Å². The number of nitrogen functional groups attached to an aromatic ring is 1. The number of anilines is 2. The average Bonchev–Trinajstić information content (AvgIpc) is 2.51. The Morgan fingerprint density at radius 1 is 1.17 bits per heavy atom. The third kappa shape index (κ3) is 4.32. The van der Waals surface area contributed by atoms with Crippen molar-refractivity contribution >= 4 is 39.2 Å². The number of nitrogens with one attached hydrogen (secondary N) is 1. The molecule has 0 aromatic heterocycles. The van der Waals surface area contributed by atoms with Gasteiger partial charge in [-0.05, 0) is 43.2 Å². The van der Waals surface area contributed by atoms with E-state index in [2.05, 4.69) is 21.2 Å². The smallest absolute Gasteiger partial charge is 0.340 e. The Bertz CT molecular complexity index is 759. The van der Waals surface area contributed by atoms with Crippen LogP contribution in [0, 0.1) is 13.8 Å². The lowest BCUT2D eigenvalue weighted by Crippen LogP contribution is -2.21. The first-order chi connectivity index (χ1) is 10.9. The molecule has 3 N–H and O–H groups in total. The fourth-order valence-electron chi connectivity index (χ4n) is 1.94. The summed E-state index contributed by atoms with van der Waals surface area (Å²) in [7, 11) is 0. The highest BCUT2D eigenvalue weighted by Gasteiger charge is 2.14. The van der Waals surface area contributed by atoms with Crippen molar-refractivity contribution in [1.29, 1.82) is 0 Å². The van der Waals surface area contributed by atoms with Gasteiger partial charge >= 0.3 is 5.97 Å². The number of carbonyl (C=O) groups excluding carboxylic acids is 2. The molecule has 2 rings (SSSR count). The van der Waals surface area contributed by atoms with Crippen molar-refractivity contribution < 1.29 is 14.3 Å². The second-order valence-corrected chi connectivity index (χ2v) is 5.98. The van der Waals surface area contributed by atoms with E-state index in [1.165, 1.54) is 0 Å². The van der Waals surface area contributed by atoms with Gasteiger partial charge in [-0.1, -0.05) is 34.1 Å². The summed E-state index contributed by atoms with van der Waals surface area (Å²) in [6.07, 6.45) is 0. The number of hydrogen-bond donors (Lipinski definition) is 2. The van der Waals surface area contributed by atoms with E-state index >= 15 is 0 Å². The van der Waals surface area contributed by atoms with Crippen molar-refractivity contribution in [1.82, 2.24) is 0 Å². The third-order valence-corrected chi connectivity index (χ3v) is 4.19. The van der Waals surface area contributed by atoms with E-state index in [1.54, 1.807) is 37.3 Å². The number of nitrogens with two attached hydrogens (primary N) is 1. The van der Waals surface area contributed by atoms with Gasteiger partial charge in [0.25, 0.3) is 5.91 Å². The van der Waals surface area contributed by atoms with Gasteiger partial charge in [0.2, 0.25) is 0 Å². The van der Waals surface area contributed by atoms with Crippen LogP contribution in [0.2, 0.25) is 0 Å². The van der Waals surface area contributed by atoms with Crippen molar-refractivity contribution in [2.45, 2.75) is 13.8 Å². The summed E-state index contributed by atoms with van der Waals surface area (Å²) in [5, 5.41) is 2.67. The summed E-state index contributed by atoms with van der Waals surface area (Å²) in [6, 6.07) is 10.5. The van der Waals surface area contributed by atoms with Crippen LogP contribution in [-0.2, 0) is 9.53 Å². The van der Waals surface area contributed by atoms with Crippen LogP contribution in [0.1, 0.15) is 21.5 Å². The van der Waals surface area contributed by atoms with E-state index in [1.807, 2.05) is 13.0 Å². The summed E-state index contributed by atoms with van der Waals surface area (Å²) >= 11 is 3.39. The highest BCUT2D eigenvalue weighted by molar-refractivity contribution is 9.10. The normalized spacial score (nSPS) is 10.2. The summed E-state index contributed by atoms with van der Waals surface area (Å²) < 4.78 is 5.90. The Hall–Kier alpha value is -2.34. The molecule has 23 heavy (non-hydrogen) atoms. The van der Waals surface area contributed by atoms with Crippen molar-refractivity contribution in [2.75, 3.05) is 17.7 Å². The van der Waals surface area contributed by atoms with E-state index in [-0.39, 0.29) is 12.2 Å². The Labute approximate surface area is 143 Å². The fourth-order valence-corrected chi connectivity index (χ4v) is 2.31. The SMILES string of the molecule is Cc1ccc(NC(=O)COC(=O)c2cccc(C)c2N)cc1Br. The number of halogens is 1. The number of para-hydroxylation sites is 1. The van der Waals surface area contributed by atoms with Crippen LogP contribution in [0.5, 0.6) is 0 Å². The molecule has 0 spiro atoms. The van der Waals surface area contributed by atoms with E-state index < -0.39 is 11.9 Å². The molecule has 0 aliphatic heterocycles. The molecule has 0 aliphatic rings. The molecule has 2 aromatic rings. The average molecular weight is 377 g/mol. The van der Waals surface area contributed by atoms with Crippen LogP contribution < -0.4 is 11.1 Å². The first-order valence-electron chi connectivity index (χ1n) is 6.96. The predicted octanol–water partition coefficient (Wildman–Crippen LogP) is 3.44. The molecule has 0 unspecified atom stereocenters. The molecule has 0 fully saturated rings. The van der Waals surface area contributed by atoms with Crippen LogP contribution in [-0.4, -0.2) is 18.5 Å². The summed E-state index contributed by atoms with van der Waals surface area (Å²) in [5.41, 5.74) is 8.93. The maximum atomic E-state index is 12.0. The molecule has 2 aromatic carbocycles. The molecule has 0 saturated carbocycles. The van der Waals surface area contributed by atoms with Gasteiger partial charge in [-0.2, -0.15) is 0 Å². The van der Waals surface area contributed by atoms with Gasteiger partial charge < -0.3 is 15.8 Å². The molecule has 0 radical (unpaired) electrons. The van der Waals surface area contributed by atoms with E-state index in [0.29, 0.717) is 11.4 Å². The highest BCUT2D eigenvalue weighted by Crippen LogP contribution is 2.21. The lowest BCUT2D eigenvalue weighted by molar-refractivity contribution is -0.119. The van der Waals surface area contributed by atoms with Crippen molar-refractivity contribution in [2.24, 2.45) is 0 Å². The first kappa shape index (κ1) is 17.0. The largest absolute Gasteiger partial charge is 0.452 e. The molecule has 0 heterocycles. The van der Waals surface area contributed by atoms with Gasteiger partial charge in [0.15, 0.2) is 6.61 Å². The van der Waals surface area contributed by atoms with Gasteiger partial charge in [-0.25, -0.2) is 4.79 Å². The minimum atomic E-state index is -0.619. The highest BCUT2D eigenvalue weighted by atomic mass is 79.9. The second kappa shape index (κ2) is 7.28. The van der Waals surface area contributed by atoms with Crippen LogP contribution in [0.4, 0.5) is 11.4 Å². The fraction of sp³-hybridized carbons (Fsp3) is 0.176. The molecule has 0 bridgehead atoms. The van der Waals surface area contributed by atoms with Crippen LogP contribution >= 0.6 is 15.9 Å². The zero-order valence-electron chi connectivity index (χ0n) is 12.9. The standard InChI is InChI=1S/C17H17BrN2O3/c1-10-6-7-12(8-14(10)18)20-15(21)9-23-17(22)13-5-3-4-11(2)16(13)19/h3-8H,9,19H2,1-2H3,(H,20,21). The zero-order valence-corrected chi connectivity index (χ0v) is 14.4. The molecule has 6 heteroatoms. The Balaban J connectivity index is 1.94. The summed E-state index contributed by atoms with van der Waals surface area (Å²) in [5.74, 6) is -1.04. The van der Waals surface area contributed by atoms with E-state index in [0.717, 1.165) is 15.6 Å². The van der Waals surface area contributed by atoms with Crippen LogP contribution in [0.15, 0.2) is 40.9 Å². The zero-order chi connectivity index (χ0) is 17.0. The maximum Gasteiger partial charge on any atom is 0.340 e. The Kier molecular flexibility index (Phi) is 5.39. The lowest BCUT2D eigenvalue weighted by atomic mass is 10.1. The number of esters is 1. The minimum Gasteiger partial charge on any atom is -0.452 e. The van der Waals surface area contributed by atoms with Crippen LogP contribution in [0.3, 0.4) is 0 Å². The predicted molar refractivity (Wildman–Crippen MR) is 93.4 cm³/mol. The monoisotopic (exact) mass is 376 g/mol. The Morgan fingerprint density at radius 3 is 2.61 bits per heavy atom. The molecule has 5 nitrogen and oxygen atoms in total.